The number of nitrogens with zero attached hydrogens (tertiary/aromatic N) is 1. The number of nitrogens with one attached hydrogen (secondary N) is 1. The van der Waals surface area contributed by atoms with Crippen LogP contribution in [0.5, 0.6) is 0 Å². The van der Waals surface area contributed by atoms with E-state index in [0.29, 0.717) is 18.5 Å². The molecular weight excluding hydrogens is 292 g/mol. The summed E-state index contributed by atoms with van der Waals surface area (Å²) in [5, 5.41) is 2.79. The average molecular weight is 312 g/mol. The molecule has 0 aromatic heterocycles. The van der Waals surface area contributed by atoms with E-state index in [0.717, 1.165) is 16.0 Å². The molecule has 1 fully saturated rings. The zero-order valence-electron chi connectivity index (χ0n) is 13.3. The van der Waals surface area contributed by atoms with Gasteiger partial charge in [-0.3, -0.25) is 19.3 Å². The molecule has 2 atom stereocenters. The van der Waals surface area contributed by atoms with E-state index in [-0.39, 0.29) is 36.1 Å². The van der Waals surface area contributed by atoms with Crippen LogP contribution in [-0.2, 0) is 14.4 Å². The number of amides is 3. The quantitative estimate of drug-likeness (QED) is 0.687. The first kappa shape index (κ1) is 15.5. The number of anilines is 1. The van der Waals surface area contributed by atoms with Gasteiger partial charge in [-0.25, -0.2) is 0 Å². The maximum Gasteiger partial charge on any atom is 0.244 e. The van der Waals surface area contributed by atoms with Crippen LogP contribution in [-0.4, -0.2) is 29.2 Å². The van der Waals surface area contributed by atoms with Crippen LogP contribution in [0.15, 0.2) is 30.4 Å². The third kappa shape index (κ3) is 2.91. The van der Waals surface area contributed by atoms with Gasteiger partial charge in [0, 0.05) is 5.69 Å². The predicted molar refractivity (Wildman–Crippen MR) is 86.6 cm³/mol. The fourth-order valence-electron chi connectivity index (χ4n) is 3.31. The summed E-state index contributed by atoms with van der Waals surface area (Å²) in [4.78, 5) is 38.0. The number of aryl methyl sites for hydroxylation is 2. The maximum atomic E-state index is 12.3. The number of rotatable bonds is 3. The van der Waals surface area contributed by atoms with Crippen molar-refractivity contribution in [3.63, 3.8) is 0 Å². The van der Waals surface area contributed by atoms with Gasteiger partial charge in [0.15, 0.2) is 0 Å². The molecule has 0 spiro atoms. The Morgan fingerprint density at radius 3 is 2.30 bits per heavy atom. The third-order valence-electron chi connectivity index (χ3n) is 4.56. The van der Waals surface area contributed by atoms with Crippen LogP contribution in [0.1, 0.15) is 24.0 Å². The Kier molecular flexibility index (Phi) is 4.03. The molecule has 23 heavy (non-hydrogen) atoms. The fourth-order valence-corrected chi connectivity index (χ4v) is 3.31. The summed E-state index contributed by atoms with van der Waals surface area (Å²) in [6, 6.07) is 5.72. The lowest BCUT2D eigenvalue weighted by Gasteiger charge is -2.15. The lowest BCUT2D eigenvalue weighted by Crippen LogP contribution is -2.38. The van der Waals surface area contributed by atoms with Crippen molar-refractivity contribution in [1.82, 2.24) is 4.90 Å². The Hall–Kier alpha value is -2.43. The van der Waals surface area contributed by atoms with Gasteiger partial charge in [0.25, 0.3) is 0 Å². The number of likely N-dealkylation sites (tertiary alicyclic amines) is 1. The molecule has 0 unspecified atom stereocenters. The molecule has 0 bridgehead atoms. The topological polar surface area (TPSA) is 66.5 Å². The van der Waals surface area contributed by atoms with Crippen LogP contribution in [0.4, 0.5) is 5.69 Å². The highest BCUT2D eigenvalue weighted by Crippen LogP contribution is 2.34. The smallest absolute Gasteiger partial charge is 0.244 e. The van der Waals surface area contributed by atoms with Crippen molar-refractivity contribution in [3.05, 3.63) is 41.5 Å². The Morgan fingerprint density at radius 1 is 1.13 bits per heavy atom. The van der Waals surface area contributed by atoms with Crippen LogP contribution < -0.4 is 5.32 Å². The van der Waals surface area contributed by atoms with Gasteiger partial charge >= 0.3 is 0 Å². The van der Waals surface area contributed by atoms with Crippen molar-refractivity contribution >= 4 is 23.4 Å². The van der Waals surface area contributed by atoms with Gasteiger partial charge in [0.1, 0.15) is 6.54 Å². The monoisotopic (exact) mass is 312 g/mol. The zero-order valence-corrected chi connectivity index (χ0v) is 13.3. The molecule has 5 heteroatoms. The molecule has 1 N–H and O–H groups in total. The van der Waals surface area contributed by atoms with E-state index in [1.54, 1.807) is 0 Å². The number of carbonyl (C=O) groups is 3. The first-order valence-electron chi connectivity index (χ1n) is 7.84. The fraction of sp³-hybridized carbons (Fsp3) is 0.389. The van der Waals surface area contributed by atoms with E-state index in [2.05, 4.69) is 5.32 Å². The van der Waals surface area contributed by atoms with Crippen molar-refractivity contribution in [2.45, 2.75) is 26.7 Å². The summed E-state index contributed by atoms with van der Waals surface area (Å²) in [6.45, 7) is 3.68. The summed E-state index contributed by atoms with van der Waals surface area (Å²) in [7, 11) is 0. The Bertz CT molecular complexity index is 682. The second-order valence-electron chi connectivity index (χ2n) is 6.28. The molecule has 1 aromatic carbocycles. The minimum Gasteiger partial charge on any atom is -0.324 e. The number of carbonyl (C=O) groups excluding carboxylic acids is 3. The number of hydrogen-bond donors (Lipinski definition) is 1. The van der Waals surface area contributed by atoms with E-state index < -0.39 is 0 Å². The van der Waals surface area contributed by atoms with E-state index >= 15 is 0 Å². The minimum absolute atomic E-state index is 0.210. The Balaban J connectivity index is 1.68. The molecule has 0 radical (unpaired) electrons. The average Bonchev–Trinajstić information content (AvgIpc) is 2.76. The number of allylic oxidation sites excluding steroid dienone is 2. The van der Waals surface area contributed by atoms with Crippen LogP contribution in [0.25, 0.3) is 0 Å². The second kappa shape index (κ2) is 5.99. The van der Waals surface area contributed by atoms with Crippen molar-refractivity contribution in [2.75, 3.05) is 11.9 Å². The highest BCUT2D eigenvalue weighted by Gasteiger charge is 2.47. The molecule has 120 valence electrons. The van der Waals surface area contributed by atoms with Crippen LogP contribution in [0.3, 0.4) is 0 Å². The SMILES string of the molecule is Cc1ccc(NC(=O)CN2C(=O)[C@@H]3CC=CC[C@H]3C2=O)c(C)c1. The largest absolute Gasteiger partial charge is 0.324 e. The molecule has 1 saturated heterocycles. The highest BCUT2D eigenvalue weighted by atomic mass is 16.2. The highest BCUT2D eigenvalue weighted by molar-refractivity contribution is 6.08. The van der Waals surface area contributed by atoms with E-state index in [1.165, 1.54) is 0 Å². The summed E-state index contributed by atoms with van der Waals surface area (Å²) in [5.41, 5.74) is 2.77. The van der Waals surface area contributed by atoms with Gasteiger partial charge in [-0.15, -0.1) is 0 Å². The summed E-state index contributed by atoms with van der Waals surface area (Å²) >= 11 is 0. The zero-order chi connectivity index (χ0) is 16.6. The van der Waals surface area contributed by atoms with E-state index in [1.807, 2.05) is 44.2 Å². The number of benzene rings is 1. The molecule has 1 aromatic rings. The minimum atomic E-state index is -0.342. The van der Waals surface area contributed by atoms with Gasteiger partial charge < -0.3 is 5.32 Å². The number of fused-ring (bicyclic) bond motifs is 1. The summed E-state index contributed by atoms with van der Waals surface area (Å²) < 4.78 is 0. The van der Waals surface area contributed by atoms with Gasteiger partial charge in [0.05, 0.1) is 11.8 Å². The molecular formula is C18H20N2O3. The number of hydrogen-bond acceptors (Lipinski definition) is 3. The first-order chi connectivity index (χ1) is 11.0. The lowest BCUT2D eigenvalue weighted by atomic mass is 9.85. The van der Waals surface area contributed by atoms with Gasteiger partial charge in [0.2, 0.25) is 17.7 Å². The van der Waals surface area contributed by atoms with Crippen molar-refractivity contribution < 1.29 is 14.4 Å². The Morgan fingerprint density at radius 2 is 1.74 bits per heavy atom. The molecule has 1 aliphatic carbocycles. The normalized spacial score (nSPS) is 23.1. The third-order valence-corrected chi connectivity index (χ3v) is 4.56. The summed E-state index contributed by atoms with van der Waals surface area (Å²) in [6.07, 6.45) is 5.05. The van der Waals surface area contributed by atoms with Crippen molar-refractivity contribution in [1.29, 1.82) is 0 Å². The van der Waals surface area contributed by atoms with Gasteiger partial charge in [-0.2, -0.15) is 0 Å². The van der Waals surface area contributed by atoms with E-state index in [4.69, 9.17) is 0 Å². The maximum absolute atomic E-state index is 12.3. The van der Waals surface area contributed by atoms with Crippen LogP contribution in [0.2, 0.25) is 0 Å². The number of imide groups is 1. The molecule has 1 heterocycles. The second-order valence-corrected chi connectivity index (χ2v) is 6.28. The summed E-state index contributed by atoms with van der Waals surface area (Å²) in [5.74, 6) is -1.37. The molecule has 3 rings (SSSR count). The lowest BCUT2D eigenvalue weighted by molar-refractivity contribution is -0.142. The van der Waals surface area contributed by atoms with Crippen LogP contribution in [0, 0.1) is 25.7 Å². The Labute approximate surface area is 135 Å². The van der Waals surface area contributed by atoms with E-state index in [9.17, 15) is 14.4 Å². The van der Waals surface area contributed by atoms with Crippen molar-refractivity contribution in [2.24, 2.45) is 11.8 Å². The molecule has 3 amide bonds. The standard InChI is InChI=1S/C18H20N2O3/c1-11-7-8-15(12(2)9-11)19-16(21)10-20-17(22)13-5-3-4-6-14(13)18(20)23/h3-4,7-9,13-14H,5-6,10H2,1-2H3,(H,19,21)/t13-,14-/m1/s1. The van der Waals surface area contributed by atoms with Gasteiger partial charge in [-0.1, -0.05) is 29.8 Å². The van der Waals surface area contributed by atoms with Crippen molar-refractivity contribution in [3.8, 4) is 0 Å². The first-order valence-corrected chi connectivity index (χ1v) is 7.84. The molecule has 5 nitrogen and oxygen atoms in total. The molecule has 1 aliphatic heterocycles. The van der Waals surface area contributed by atoms with Crippen LogP contribution >= 0.6 is 0 Å². The molecule has 0 saturated carbocycles. The molecule has 2 aliphatic rings. The predicted octanol–water partition coefficient (Wildman–Crippen LogP) is 2.19. The van der Waals surface area contributed by atoms with Gasteiger partial charge in [-0.05, 0) is 38.3 Å².